The normalized spacial score (nSPS) is 28.9. The molecule has 3 aliphatic rings. The van der Waals surface area contributed by atoms with Gasteiger partial charge in [0.2, 0.25) is 5.69 Å². The predicted octanol–water partition coefficient (Wildman–Crippen LogP) is 8.55. The molecular weight excluding hydrogens is 773 g/mol. The third kappa shape index (κ3) is 7.03. The van der Waals surface area contributed by atoms with Crippen molar-refractivity contribution in [3.8, 4) is 11.5 Å². The lowest BCUT2D eigenvalue weighted by molar-refractivity contribution is -0.0915. The van der Waals surface area contributed by atoms with E-state index in [1.165, 1.54) is 28.6 Å². The maximum atomic E-state index is 17.3. The first-order valence-electron chi connectivity index (χ1n) is 18.5. The zero-order valence-electron chi connectivity index (χ0n) is 31.6. The van der Waals surface area contributed by atoms with E-state index in [0.29, 0.717) is 28.6 Å². The molecule has 0 unspecified atom stereocenters. The Hall–Kier alpha value is -3.88. The van der Waals surface area contributed by atoms with Crippen LogP contribution in [0.2, 0.25) is 0 Å². The van der Waals surface area contributed by atoms with Crippen LogP contribution >= 0.6 is 17.1 Å². The maximum Gasteiger partial charge on any atom is 0.248 e. The van der Waals surface area contributed by atoms with Gasteiger partial charge in [0, 0.05) is 5.25 Å². The zero-order chi connectivity index (χ0) is 39.2. The van der Waals surface area contributed by atoms with E-state index < -0.39 is 41.5 Å². The van der Waals surface area contributed by atoms with Gasteiger partial charge < -0.3 is 33.7 Å². The number of rotatable bonds is 12. The van der Waals surface area contributed by atoms with Gasteiger partial charge in [-0.25, -0.2) is 19.3 Å². The van der Waals surface area contributed by atoms with Crippen LogP contribution in [-0.2, 0) is 35.9 Å². The number of nitrogens with zero attached hydrogens (tertiary/aromatic N) is 4. The van der Waals surface area contributed by atoms with Gasteiger partial charge in [-0.15, -0.1) is 0 Å². The van der Waals surface area contributed by atoms with E-state index >= 15 is 4.39 Å². The van der Waals surface area contributed by atoms with E-state index in [1.54, 1.807) is 14.2 Å². The summed E-state index contributed by atoms with van der Waals surface area (Å²) in [4.78, 5) is 12.8. The molecule has 0 spiro atoms. The van der Waals surface area contributed by atoms with Gasteiger partial charge in [-0.05, 0) is 91.8 Å². The number of imidazole rings is 1. The lowest BCUT2D eigenvalue weighted by Crippen LogP contribution is -2.41. The Balaban J connectivity index is 1.19. The number of fused-ring (bicyclic) bond motifs is 2. The Morgan fingerprint density at radius 2 is 1.66 bits per heavy atom. The smallest absolute Gasteiger partial charge is 0.248 e. The van der Waals surface area contributed by atoms with Crippen molar-refractivity contribution in [2.75, 3.05) is 26.6 Å². The first-order chi connectivity index (χ1) is 27.0. The van der Waals surface area contributed by atoms with E-state index in [2.05, 4.69) is 35.4 Å². The summed E-state index contributed by atoms with van der Waals surface area (Å²) >= 11 is 7.76. The number of halogens is 1. The zero-order valence-corrected chi connectivity index (χ0v) is 34.1. The van der Waals surface area contributed by atoms with E-state index in [9.17, 15) is 0 Å². The average molecular weight is 818 g/mol. The number of hydrogen-bond donors (Lipinski definition) is 1. The number of methoxy groups -OCH3 is 2. The molecule has 1 aliphatic carbocycles. The average Bonchev–Trinajstić information content (AvgIpc) is 3.86. The summed E-state index contributed by atoms with van der Waals surface area (Å²) in [6, 6.07) is 25.3. The van der Waals surface area contributed by atoms with Crippen LogP contribution in [0.4, 0.5) is 10.2 Å². The molecule has 4 heterocycles. The van der Waals surface area contributed by atoms with Gasteiger partial charge in [0.15, 0.2) is 23.9 Å². The van der Waals surface area contributed by atoms with Crippen LogP contribution in [0.25, 0.3) is 11.2 Å². The van der Waals surface area contributed by atoms with Crippen molar-refractivity contribution in [2.45, 2.75) is 74.2 Å². The molecule has 2 saturated heterocycles. The molecule has 2 aliphatic heterocycles. The van der Waals surface area contributed by atoms with Crippen molar-refractivity contribution < 1.29 is 32.4 Å². The van der Waals surface area contributed by atoms with Crippen molar-refractivity contribution >= 4 is 45.9 Å². The first-order valence-corrected chi connectivity index (χ1v) is 22.6. The number of aromatic nitrogens is 4. The minimum absolute atomic E-state index is 0.0859. The number of hydrogen-bond acceptors (Lipinski definition) is 12. The minimum atomic E-state index is -3.09. The summed E-state index contributed by atoms with van der Waals surface area (Å²) in [6.45, 7) is 8.29. The largest absolute Gasteiger partial charge is 0.497 e. The molecule has 2 N–H and O–H groups in total. The number of benzene rings is 3. The highest BCUT2D eigenvalue weighted by molar-refractivity contribution is 8.68. The van der Waals surface area contributed by atoms with Gasteiger partial charge >= 0.3 is 0 Å². The lowest BCUT2D eigenvalue weighted by Gasteiger charge is -2.38. The fraction of sp³-hybridized carbons (Fsp3) is 0.390. The van der Waals surface area contributed by atoms with Crippen LogP contribution in [0, 0.1) is 5.92 Å². The predicted molar refractivity (Wildman–Crippen MR) is 219 cm³/mol. The molecule has 0 radical (unpaired) electrons. The van der Waals surface area contributed by atoms with E-state index in [1.807, 2.05) is 78.9 Å². The number of alkyl halides is 1. The molecule has 56 heavy (non-hydrogen) atoms. The summed E-state index contributed by atoms with van der Waals surface area (Å²) in [7, 11) is 3.25. The highest BCUT2D eigenvalue weighted by atomic mass is 32.9. The number of anilines is 1. The van der Waals surface area contributed by atoms with Crippen molar-refractivity contribution in [3.63, 3.8) is 0 Å². The molecule has 1 saturated carbocycles. The Morgan fingerprint density at radius 3 is 2.29 bits per heavy atom. The molecule has 0 amide bonds. The Kier molecular flexibility index (Phi) is 10.8. The third-order valence-corrected chi connectivity index (χ3v) is 16.9. The van der Waals surface area contributed by atoms with Crippen molar-refractivity contribution in [2.24, 2.45) is 5.92 Å². The molecule has 11 nitrogen and oxygen atoms in total. The molecule has 15 heteroatoms. The van der Waals surface area contributed by atoms with Crippen LogP contribution in [-0.4, -0.2) is 69.6 Å². The van der Waals surface area contributed by atoms with Crippen molar-refractivity contribution in [1.29, 1.82) is 0 Å². The number of nitrogen functional groups attached to an aromatic ring is 1. The summed E-state index contributed by atoms with van der Waals surface area (Å²) in [6.07, 6.45) is 0.384. The fourth-order valence-electron chi connectivity index (χ4n) is 8.10. The topological polar surface area (TPSA) is 125 Å². The Labute approximate surface area is 335 Å². The van der Waals surface area contributed by atoms with Gasteiger partial charge in [-0.2, -0.15) is 0 Å². The molecule has 0 bridgehead atoms. The first kappa shape index (κ1) is 39.0. The molecule has 3 aromatic carbocycles. The third-order valence-electron chi connectivity index (χ3n) is 11.3. The monoisotopic (exact) mass is 817 g/mol. The molecule has 2 aromatic heterocycles. The molecule has 294 valence electrons. The van der Waals surface area contributed by atoms with Crippen LogP contribution in [0.15, 0.2) is 104 Å². The van der Waals surface area contributed by atoms with Crippen LogP contribution in [0.1, 0.15) is 56.0 Å². The minimum Gasteiger partial charge on any atom is -0.497 e. The second kappa shape index (κ2) is 15.5. The molecule has 3 fully saturated rings. The highest BCUT2D eigenvalue weighted by Gasteiger charge is 2.57. The summed E-state index contributed by atoms with van der Waals surface area (Å²) in [5.74, 6) is 1.93. The Bertz CT molecular complexity index is 2200. The number of allylic oxidation sites excluding steroid dienone is 1. The van der Waals surface area contributed by atoms with Crippen molar-refractivity contribution in [3.05, 3.63) is 120 Å². The standard InChI is InChI=1S/C41H45FN5O6PS2/c1-25(2)26-19-20-40(3)33(21-26)56-54(55,53-40)52-36-32(51-39(34(36)42)47-24-46-35-37(43)44-23-45-38(35)47)22-50-41(27-9-7-6-8-10-27,28-11-15-30(48-4)16-12-28)29-13-17-31(49-5)18-14-29/h6-18,23-24,26,32-34,36,39H,1,19-22H2,2-5H3,(H2,43,44,45)/t26-,32+,33+,34+,36+,39+,40+,54-/m0/s1. The van der Waals surface area contributed by atoms with Gasteiger partial charge in [0.05, 0.1) is 32.8 Å². The molecule has 8 rings (SSSR count). The number of nitrogens with two attached hydrogens (primary N) is 1. The van der Waals surface area contributed by atoms with Gasteiger partial charge in [-0.3, -0.25) is 4.57 Å². The van der Waals surface area contributed by atoms with Crippen LogP contribution in [0.3, 0.4) is 0 Å². The highest BCUT2D eigenvalue weighted by Crippen LogP contribution is 2.75. The SMILES string of the molecule is C=C(C)[C@H]1CC[C@@]2(C)O[P@](=S)(O[C@H]3[C@@H](F)[C@H](n4cnc5c(N)ncnc54)O[C@@H]3COC(c3ccccc3)(c3ccc(OC)cc3)c3ccc(OC)cc3)S[C@@H]2C1. The second-order valence-corrected chi connectivity index (χ2v) is 21.0. The molecular formula is C41H45FN5O6PS2. The summed E-state index contributed by atoms with van der Waals surface area (Å²) in [5, 5.41) is 0.0859. The van der Waals surface area contributed by atoms with Crippen LogP contribution in [0.5, 0.6) is 11.5 Å². The second-order valence-electron chi connectivity index (χ2n) is 14.7. The van der Waals surface area contributed by atoms with E-state index in [-0.39, 0.29) is 17.7 Å². The molecule has 5 aromatic rings. The maximum absolute atomic E-state index is 17.3. The Morgan fingerprint density at radius 1 is 1.02 bits per heavy atom. The van der Waals surface area contributed by atoms with Crippen molar-refractivity contribution in [1.82, 2.24) is 19.5 Å². The molecule has 8 atom stereocenters. The summed E-state index contributed by atoms with van der Waals surface area (Å²) in [5.41, 5.74) is 5.64. The lowest BCUT2D eigenvalue weighted by atomic mass is 9.77. The fourth-order valence-corrected chi connectivity index (χ4v) is 15.3. The van der Waals surface area contributed by atoms with E-state index in [0.717, 1.165) is 41.5 Å². The van der Waals surface area contributed by atoms with Crippen LogP contribution < -0.4 is 15.2 Å². The summed E-state index contributed by atoms with van der Waals surface area (Å²) < 4.78 is 57.3. The van der Waals surface area contributed by atoms with Gasteiger partial charge in [-0.1, -0.05) is 78.1 Å². The van der Waals surface area contributed by atoms with E-state index in [4.69, 9.17) is 45.5 Å². The van der Waals surface area contributed by atoms with Gasteiger partial charge in [0.1, 0.15) is 41.2 Å². The quantitative estimate of drug-likeness (QED) is 0.0737. The number of ether oxygens (including phenoxy) is 4. The van der Waals surface area contributed by atoms with Gasteiger partial charge in [0.25, 0.3) is 0 Å².